The number of phenols is 1. The molecule has 3 aliphatic rings. The summed E-state index contributed by atoms with van der Waals surface area (Å²) >= 11 is 0. The van der Waals surface area contributed by atoms with Crippen LogP contribution in [0.25, 0.3) is 5.57 Å². The lowest BCUT2D eigenvalue weighted by Gasteiger charge is -2.55. The Morgan fingerprint density at radius 2 is 1.76 bits per heavy atom. The van der Waals surface area contributed by atoms with Crippen LogP contribution in [0.4, 0.5) is 0 Å². The quantitative estimate of drug-likeness (QED) is 0.177. The molecule has 0 spiro atoms. The maximum atomic E-state index is 13.9. The predicted molar refractivity (Wildman–Crippen MR) is 127 cm³/mol. The number of esters is 1. The fourth-order valence-electron chi connectivity index (χ4n) is 5.95. The summed E-state index contributed by atoms with van der Waals surface area (Å²) in [6, 6.07) is 2.42. The van der Waals surface area contributed by atoms with Gasteiger partial charge >= 0.3 is 5.97 Å². The molecule has 12 nitrogen and oxygen atoms in total. The Hall–Kier alpha value is -4.29. The lowest BCUT2D eigenvalue weighted by Crippen LogP contribution is -2.77. The van der Waals surface area contributed by atoms with Crippen LogP contribution in [-0.4, -0.2) is 87.7 Å². The Labute approximate surface area is 215 Å². The number of aliphatic hydroxyl groups is 1. The van der Waals surface area contributed by atoms with E-state index in [1.165, 1.54) is 37.2 Å². The van der Waals surface area contributed by atoms with Gasteiger partial charge in [-0.3, -0.25) is 33.7 Å². The van der Waals surface area contributed by atoms with Crippen molar-refractivity contribution < 1.29 is 48.5 Å². The standard InChI is InChI=1S/C26H24N2O10/c1-5-11(29)25(36)38-21-13-9(2)10-7-6-8-12(30)14(10)19(31)15(13)22(33)26(37)17(21)18(28(3)4)20(32)16(23(26)34)24(27)35/h5-8,13,15-18,21,30,37H,1-2H2,3-4H3,(H2,27,35)/t13-,15?,16?,17-,18+,21+,26+/m1/s1. The van der Waals surface area contributed by atoms with E-state index in [0.29, 0.717) is 6.08 Å². The van der Waals surface area contributed by atoms with E-state index >= 15 is 0 Å². The first kappa shape index (κ1) is 26.8. The number of ether oxygens (including phenoxy) is 1. The molecule has 1 amide bonds. The number of rotatable bonds is 5. The van der Waals surface area contributed by atoms with E-state index in [9.17, 15) is 43.8 Å². The van der Waals surface area contributed by atoms with Crippen molar-refractivity contribution in [3.8, 4) is 5.75 Å². The molecular weight excluding hydrogens is 500 g/mol. The fraction of sp³-hybridized carbons (Fsp3) is 0.346. The van der Waals surface area contributed by atoms with Crippen molar-refractivity contribution in [1.82, 2.24) is 4.90 Å². The minimum absolute atomic E-state index is 0.0224. The molecule has 3 aliphatic carbocycles. The smallest absolute Gasteiger partial charge is 0.379 e. The van der Waals surface area contributed by atoms with E-state index in [1.807, 2.05) is 0 Å². The SMILES string of the molecule is C=CC(=O)C(=O)O[C@@H]1[C@H]2[C@H](N(C)C)C(=O)C(C(N)=O)C(=O)[C@@]2(O)C(=O)C2C(=O)c3c(O)cccc3C(=C)[C@H]21. The Morgan fingerprint density at radius 1 is 1.13 bits per heavy atom. The van der Waals surface area contributed by atoms with Crippen LogP contribution in [0.15, 0.2) is 37.4 Å². The van der Waals surface area contributed by atoms with Crippen LogP contribution in [0.2, 0.25) is 0 Å². The van der Waals surface area contributed by atoms with Gasteiger partial charge in [-0.25, -0.2) is 4.79 Å². The summed E-state index contributed by atoms with van der Waals surface area (Å²) in [5.41, 5.74) is 1.91. The summed E-state index contributed by atoms with van der Waals surface area (Å²) in [5, 5.41) is 22.2. The van der Waals surface area contributed by atoms with Crippen molar-refractivity contribution in [2.75, 3.05) is 14.1 Å². The molecule has 12 heteroatoms. The maximum absolute atomic E-state index is 13.9. The van der Waals surface area contributed by atoms with Crippen LogP contribution >= 0.6 is 0 Å². The monoisotopic (exact) mass is 524 g/mol. The number of carbonyl (C=O) groups is 7. The van der Waals surface area contributed by atoms with Gasteiger partial charge in [0.2, 0.25) is 5.91 Å². The molecular formula is C26H24N2O10. The Morgan fingerprint density at radius 3 is 2.32 bits per heavy atom. The van der Waals surface area contributed by atoms with Gasteiger partial charge in [0.05, 0.1) is 23.4 Å². The summed E-state index contributed by atoms with van der Waals surface area (Å²) in [6.07, 6.45) is -1.15. The maximum Gasteiger partial charge on any atom is 0.379 e. The molecule has 0 radical (unpaired) electrons. The summed E-state index contributed by atoms with van der Waals surface area (Å²) < 4.78 is 5.44. The molecule has 0 heterocycles. The van der Waals surface area contributed by atoms with E-state index in [-0.39, 0.29) is 16.7 Å². The summed E-state index contributed by atoms with van der Waals surface area (Å²) in [7, 11) is 2.71. The highest BCUT2D eigenvalue weighted by Crippen LogP contribution is 2.54. The van der Waals surface area contributed by atoms with Crippen molar-refractivity contribution in [3.63, 3.8) is 0 Å². The molecule has 2 fully saturated rings. The minimum Gasteiger partial charge on any atom is -0.507 e. The molecule has 1 aromatic rings. The fourth-order valence-corrected chi connectivity index (χ4v) is 5.95. The Kier molecular flexibility index (Phi) is 6.29. The van der Waals surface area contributed by atoms with E-state index in [2.05, 4.69) is 13.2 Å². The molecule has 7 atom stereocenters. The van der Waals surface area contributed by atoms with Crippen LogP contribution in [0.3, 0.4) is 0 Å². The highest BCUT2D eigenvalue weighted by molar-refractivity contribution is 6.38. The number of hydrogen-bond donors (Lipinski definition) is 3. The zero-order chi connectivity index (χ0) is 28.4. The number of amides is 1. The number of likely N-dealkylation sites (N-methyl/N-ethyl adjacent to an activating group) is 1. The van der Waals surface area contributed by atoms with E-state index in [4.69, 9.17) is 10.5 Å². The lowest BCUT2D eigenvalue weighted by molar-refractivity contribution is -0.200. The molecule has 4 rings (SSSR count). The molecule has 38 heavy (non-hydrogen) atoms. The van der Waals surface area contributed by atoms with Crippen LogP contribution < -0.4 is 5.73 Å². The number of phenolic OH excluding ortho intramolecular Hbond substituents is 1. The van der Waals surface area contributed by atoms with E-state index in [0.717, 1.165) is 0 Å². The third kappa shape index (κ3) is 3.41. The van der Waals surface area contributed by atoms with Gasteiger partial charge in [0, 0.05) is 5.92 Å². The average molecular weight is 524 g/mol. The summed E-state index contributed by atoms with van der Waals surface area (Å²) in [4.78, 5) is 92.5. The van der Waals surface area contributed by atoms with Gasteiger partial charge in [-0.1, -0.05) is 25.3 Å². The van der Waals surface area contributed by atoms with Crippen molar-refractivity contribution in [1.29, 1.82) is 0 Å². The lowest BCUT2D eigenvalue weighted by atomic mass is 9.50. The molecule has 0 aliphatic heterocycles. The topological polar surface area (TPSA) is 198 Å². The number of fused-ring (bicyclic) bond motifs is 3. The van der Waals surface area contributed by atoms with Crippen LogP contribution in [0, 0.1) is 23.7 Å². The molecule has 0 aromatic heterocycles. The first-order chi connectivity index (χ1) is 17.7. The molecule has 1 aromatic carbocycles. The zero-order valence-electron chi connectivity index (χ0n) is 20.4. The number of carbonyl (C=O) groups excluding carboxylic acids is 7. The largest absolute Gasteiger partial charge is 0.507 e. The highest BCUT2D eigenvalue weighted by Gasteiger charge is 2.73. The van der Waals surface area contributed by atoms with Gasteiger partial charge in [0.1, 0.15) is 11.9 Å². The minimum atomic E-state index is -3.20. The van der Waals surface area contributed by atoms with Gasteiger partial charge in [-0.2, -0.15) is 0 Å². The van der Waals surface area contributed by atoms with E-state index in [1.54, 1.807) is 0 Å². The summed E-state index contributed by atoms with van der Waals surface area (Å²) in [5.74, 6) is -17.1. The summed E-state index contributed by atoms with van der Waals surface area (Å²) in [6.45, 7) is 7.14. The van der Waals surface area contributed by atoms with Crippen molar-refractivity contribution in [2.45, 2.75) is 17.7 Å². The van der Waals surface area contributed by atoms with E-state index < -0.39 is 88.0 Å². The van der Waals surface area contributed by atoms with Gasteiger partial charge in [0.15, 0.2) is 34.7 Å². The molecule has 0 bridgehead atoms. The predicted octanol–water partition coefficient (Wildman–Crippen LogP) is -1.39. The second-order valence-electron chi connectivity index (χ2n) is 9.70. The van der Waals surface area contributed by atoms with Crippen molar-refractivity contribution >= 4 is 46.4 Å². The number of benzene rings is 1. The van der Waals surface area contributed by atoms with Gasteiger partial charge in [-0.05, 0) is 37.4 Å². The molecule has 198 valence electrons. The number of primary amides is 1. The first-order valence-corrected chi connectivity index (χ1v) is 11.4. The van der Waals surface area contributed by atoms with Gasteiger partial charge < -0.3 is 20.7 Å². The second-order valence-corrected chi connectivity index (χ2v) is 9.70. The zero-order valence-corrected chi connectivity index (χ0v) is 20.4. The number of hydrogen-bond acceptors (Lipinski definition) is 11. The second kappa shape index (κ2) is 8.92. The van der Waals surface area contributed by atoms with Gasteiger partial charge in [-0.15, -0.1) is 0 Å². The normalized spacial score (nSPS) is 32.3. The molecule has 2 unspecified atom stereocenters. The third-order valence-corrected chi connectivity index (χ3v) is 7.55. The number of ketones is 5. The Bertz CT molecular complexity index is 1380. The molecule has 0 saturated heterocycles. The van der Waals surface area contributed by atoms with Crippen LogP contribution in [0.1, 0.15) is 15.9 Å². The molecule has 2 saturated carbocycles. The highest BCUT2D eigenvalue weighted by atomic mass is 16.6. The molecule has 4 N–H and O–H groups in total. The number of nitrogens with zero attached hydrogens (tertiary/aromatic N) is 1. The number of aromatic hydroxyl groups is 1. The number of nitrogens with two attached hydrogens (primary N) is 1. The first-order valence-electron chi connectivity index (χ1n) is 11.4. The van der Waals surface area contributed by atoms with Gasteiger partial charge in [0.25, 0.3) is 5.78 Å². The van der Waals surface area contributed by atoms with Crippen molar-refractivity contribution in [2.24, 2.45) is 29.4 Å². The van der Waals surface area contributed by atoms with Crippen LogP contribution in [-0.2, 0) is 33.5 Å². The van der Waals surface area contributed by atoms with Crippen LogP contribution in [0.5, 0.6) is 5.75 Å². The Balaban J connectivity index is 2.04. The average Bonchev–Trinajstić information content (AvgIpc) is 2.84. The third-order valence-electron chi connectivity index (χ3n) is 7.55. The number of Topliss-reactive ketones (excluding diaryl/α,β-unsaturated/α-hetero) is 4. The van der Waals surface area contributed by atoms with Crippen molar-refractivity contribution in [3.05, 3.63) is 48.6 Å².